The van der Waals surface area contributed by atoms with Crippen molar-refractivity contribution in [3.8, 4) is 0 Å². The molecule has 0 aromatic carbocycles. The Morgan fingerprint density at radius 1 is 1.30 bits per heavy atom. The predicted molar refractivity (Wildman–Crippen MR) is 101 cm³/mol. The molecule has 30 heavy (non-hydrogen) atoms. The zero-order valence-corrected chi connectivity index (χ0v) is 17.2. The van der Waals surface area contributed by atoms with E-state index in [9.17, 15) is 24.0 Å². The fraction of sp³-hybridized carbons (Fsp3) is 0.579. The molecule has 1 aromatic heterocycles. The van der Waals surface area contributed by atoms with Crippen LogP contribution in [0.15, 0.2) is 17.3 Å². The second kappa shape index (κ2) is 9.99. The Bertz CT molecular complexity index is 865. The Morgan fingerprint density at radius 3 is 2.60 bits per heavy atom. The number of aromatic amines is 1. The first kappa shape index (κ1) is 23.0. The minimum atomic E-state index is -1.36. The van der Waals surface area contributed by atoms with Crippen LogP contribution in [-0.4, -0.2) is 58.6 Å². The number of H-pyrrole nitrogens is 1. The highest BCUT2D eigenvalue weighted by Gasteiger charge is 2.41. The van der Waals surface area contributed by atoms with Crippen LogP contribution in [0.2, 0.25) is 0 Å². The number of aromatic nitrogens is 2. The summed E-state index contributed by atoms with van der Waals surface area (Å²) < 4.78 is 16.0. The highest BCUT2D eigenvalue weighted by atomic mass is 16.6. The van der Waals surface area contributed by atoms with Crippen LogP contribution in [0.25, 0.3) is 0 Å². The van der Waals surface area contributed by atoms with Gasteiger partial charge in [-0.1, -0.05) is 20.8 Å². The van der Waals surface area contributed by atoms with E-state index < -0.39 is 66.1 Å². The van der Waals surface area contributed by atoms with Crippen molar-refractivity contribution in [2.24, 2.45) is 11.8 Å². The van der Waals surface area contributed by atoms with Crippen molar-refractivity contribution in [3.05, 3.63) is 28.4 Å². The van der Waals surface area contributed by atoms with E-state index in [-0.39, 0.29) is 12.0 Å². The van der Waals surface area contributed by atoms with Gasteiger partial charge < -0.3 is 24.5 Å². The first-order valence-electron chi connectivity index (χ1n) is 9.56. The third kappa shape index (κ3) is 5.43. The van der Waals surface area contributed by atoms with Gasteiger partial charge in [-0.3, -0.25) is 19.2 Å². The maximum Gasteiger partial charge on any atom is 0.332 e. The fourth-order valence-corrected chi connectivity index (χ4v) is 2.82. The Hall–Kier alpha value is -3.24. The summed E-state index contributed by atoms with van der Waals surface area (Å²) >= 11 is 0. The van der Waals surface area contributed by atoms with Gasteiger partial charge in [0.25, 0.3) is 11.5 Å². The molecule has 1 aromatic rings. The van der Waals surface area contributed by atoms with Crippen molar-refractivity contribution < 1.29 is 33.4 Å². The van der Waals surface area contributed by atoms with Gasteiger partial charge in [-0.05, 0) is 13.3 Å². The first-order valence-corrected chi connectivity index (χ1v) is 9.56. The third-order valence-corrected chi connectivity index (χ3v) is 4.57. The largest absolute Gasteiger partial charge is 0.463 e. The normalized spacial score (nSPS) is 24.7. The number of cyclic esters (lactones) is 2. The Morgan fingerprint density at radius 2 is 2.00 bits per heavy atom. The van der Waals surface area contributed by atoms with Crippen molar-refractivity contribution in [1.82, 2.24) is 15.3 Å². The number of carbonyl (C=O) groups is 4. The number of nitrogens with one attached hydrogen (secondary N) is 2. The number of hydrogen-bond donors (Lipinski definition) is 2. The van der Waals surface area contributed by atoms with Crippen LogP contribution in [-0.2, 0) is 28.6 Å². The maximum absolute atomic E-state index is 12.6. The summed E-state index contributed by atoms with van der Waals surface area (Å²) in [5.41, 5.74) is -1.02. The summed E-state index contributed by atoms with van der Waals surface area (Å²) in [4.78, 5) is 67.2. The Balaban J connectivity index is 2.24. The van der Waals surface area contributed by atoms with Crippen LogP contribution in [0.3, 0.4) is 0 Å². The van der Waals surface area contributed by atoms with E-state index in [1.165, 1.54) is 6.92 Å². The Labute approximate surface area is 172 Å². The molecule has 1 aliphatic heterocycles. The molecule has 2 heterocycles. The lowest BCUT2D eigenvalue weighted by atomic mass is 9.95. The van der Waals surface area contributed by atoms with Gasteiger partial charge in [0.15, 0.2) is 12.1 Å². The molecule has 11 heteroatoms. The molecule has 0 aliphatic carbocycles. The molecule has 1 amide bonds. The van der Waals surface area contributed by atoms with Crippen molar-refractivity contribution >= 4 is 23.8 Å². The monoisotopic (exact) mass is 423 g/mol. The molecule has 0 spiro atoms. The predicted octanol–water partition coefficient (Wildman–Crippen LogP) is -0.0492. The first-order chi connectivity index (χ1) is 14.1. The molecule has 0 radical (unpaired) electrons. The van der Waals surface area contributed by atoms with E-state index in [1.807, 2.05) is 0 Å². The van der Waals surface area contributed by atoms with E-state index in [2.05, 4.69) is 15.3 Å². The topological polar surface area (TPSA) is 154 Å². The average Bonchev–Trinajstić information content (AvgIpc) is 2.73. The molecule has 2 N–H and O–H groups in total. The van der Waals surface area contributed by atoms with Crippen molar-refractivity contribution in [1.29, 1.82) is 0 Å². The molecule has 0 saturated carbocycles. The van der Waals surface area contributed by atoms with Gasteiger partial charge in [0.05, 0.1) is 18.2 Å². The summed E-state index contributed by atoms with van der Waals surface area (Å²) in [5.74, 6) is -4.32. The molecule has 1 saturated heterocycles. The summed E-state index contributed by atoms with van der Waals surface area (Å²) in [7, 11) is 0. The van der Waals surface area contributed by atoms with Crippen LogP contribution in [0.5, 0.6) is 0 Å². The second-order valence-corrected chi connectivity index (χ2v) is 7.16. The van der Waals surface area contributed by atoms with Crippen LogP contribution < -0.4 is 10.9 Å². The quantitative estimate of drug-likeness (QED) is 0.490. The van der Waals surface area contributed by atoms with Gasteiger partial charge in [0.1, 0.15) is 18.3 Å². The summed E-state index contributed by atoms with van der Waals surface area (Å²) in [6.45, 7) is 5.97. The summed E-state index contributed by atoms with van der Waals surface area (Å²) in [6.07, 6.45) is 0.408. The molecule has 0 bridgehead atoms. The van der Waals surface area contributed by atoms with Crippen LogP contribution in [0, 0.1) is 11.8 Å². The van der Waals surface area contributed by atoms with E-state index in [0.717, 1.165) is 12.5 Å². The second-order valence-electron chi connectivity index (χ2n) is 7.16. The maximum atomic E-state index is 12.6. The lowest BCUT2D eigenvalue weighted by molar-refractivity contribution is -0.176. The average molecular weight is 423 g/mol. The van der Waals surface area contributed by atoms with E-state index >= 15 is 0 Å². The number of amides is 1. The molecule has 1 aliphatic rings. The smallest absolute Gasteiger partial charge is 0.332 e. The van der Waals surface area contributed by atoms with Gasteiger partial charge in [-0.15, -0.1) is 0 Å². The molecule has 0 unspecified atom stereocenters. The SMILES string of the molecule is CC[C@H]1C(=O)OC[C@H](NC(=O)c2cnc[nH]c2=O)C(=O)O[C@@H](C)[C@@H]1OC(=O)C(C)C. The minimum absolute atomic E-state index is 0.277. The zero-order valence-electron chi connectivity index (χ0n) is 17.2. The summed E-state index contributed by atoms with van der Waals surface area (Å²) in [6, 6.07) is -1.36. The Kier molecular flexibility index (Phi) is 7.67. The van der Waals surface area contributed by atoms with Gasteiger partial charge >= 0.3 is 17.9 Å². The van der Waals surface area contributed by atoms with Crippen LogP contribution in [0.1, 0.15) is 44.5 Å². The van der Waals surface area contributed by atoms with Crippen molar-refractivity contribution in [2.75, 3.05) is 6.61 Å². The number of carbonyl (C=O) groups excluding carboxylic acids is 4. The van der Waals surface area contributed by atoms with Gasteiger partial charge in [-0.2, -0.15) is 0 Å². The van der Waals surface area contributed by atoms with Gasteiger partial charge in [-0.25, -0.2) is 9.78 Å². The van der Waals surface area contributed by atoms with E-state index in [0.29, 0.717) is 0 Å². The molecule has 164 valence electrons. The van der Waals surface area contributed by atoms with Crippen LogP contribution >= 0.6 is 0 Å². The van der Waals surface area contributed by atoms with Gasteiger partial charge in [0.2, 0.25) is 0 Å². The lowest BCUT2D eigenvalue weighted by Crippen LogP contribution is -2.47. The number of ether oxygens (including phenoxy) is 3. The summed E-state index contributed by atoms with van der Waals surface area (Å²) in [5, 5.41) is 2.31. The molecular formula is C19H25N3O8. The number of esters is 3. The van der Waals surface area contributed by atoms with Crippen molar-refractivity contribution in [3.63, 3.8) is 0 Å². The molecular weight excluding hydrogens is 398 g/mol. The molecule has 4 atom stereocenters. The highest BCUT2D eigenvalue weighted by Crippen LogP contribution is 2.23. The van der Waals surface area contributed by atoms with Crippen LogP contribution in [0.4, 0.5) is 0 Å². The molecule has 2 rings (SSSR count). The number of hydrogen-bond acceptors (Lipinski definition) is 9. The third-order valence-electron chi connectivity index (χ3n) is 4.57. The fourth-order valence-electron chi connectivity index (χ4n) is 2.82. The van der Waals surface area contributed by atoms with E-state index in [4.69, 9.17) is 14.2 Å². The highest BCUT2D eigenvalue weighted by molar-refractivity contribution is 5.96. The molecule has 1 fully saturated rings. The van der Waals surface area contributed by atoms with Gasteiger partial charge in [0, 0.05) is 6.20 Å². The zero-order chi connectivity index (χ0) is 22.4. The standard InChI is InChI=1S/C19H25N3O8/c1-5-11-14(30-17(25)9(2)3)10(4)29-19(27)13(7-28-18(11)26)22-16(24)12-6-20-8-21-15(12)23/h6,8-11,13-14H,5,7H2,1-4H3,(H,22,24)(H,20,21,23)/t10-,11+,13-,14-/m0/s1. The molecule has 11 nitrogen and oxygen atoms in total. The number of rotatable bonds is 5. The lowest BCUT2D eigenvalue weighted by Gasteiger charge is -2.29. The van der Waals surface area contributed by atoms with E-state index in [1.54, 1.807) is 20.8 Å². The number of nitrogens with zero attached hydrogens (tertiary/aromatic N) is 1. The van der Waals surface area contributed by atoms with Crippen molar-refractivity contribution in [2.45, 2.75) is 52.4 Å². The minimum Gasteiger partial charge on any atom is -0.463 e.